The molecule has 0 aromatic carbocycles. The summed E-state index contributed by atoms with van der Waals surface area (Å²) in [4.78, 5) is 5.28. The molecule has 112 valence electrons. The van der Waals surface area contributed by atoms with Crippen molar-refractivity contribution >= 4 is 0 Å². The summed E-state index contributed by atoms with van der Waals surface area (Å²) in [6.45, 7) is 11.6. The topological polar surface area (TPSA) is 32.5 Å². The minimum atomic E-state index is 0.337. The molecule has 0 unspecified atom stereocenters. The highest BCUT2D eigenvalue weighted by atomic mass is 15.3. The SMILES string of the molecule is CCCC1CCC(CN)(N2CCN(CC)CC2)CC1. The van der Waals surface area contributed by atoms with Crippen LogP contribution in [0.3, 0.4) is 0 Å². The molecule has 0 amide bonds. The highest BCUT2D eigenvalue weighted by Gasteiger charge is 2.39. The quantitative estimate of drug-likeness (QED) is 0.830. The van der Waals surface area contributed by atoms with E-state index in [1.54, 1.807) is 0 Å². The van der Waals surface area contributed by atoms with Gasteiger partial charge in [0.1, 0.15) is 0 Å². The summed E-state index contributed by atoms with van der Waals surface area (Å²) in [5.74, 6) is 0.974. The van der Waals surface area contributed by atoms with E-state index in [1.165, 1.54) is 71.2 Å². The number of nitrogens with zero attached hydrogens (tertiary/aromatic N) is 2. The van der Waals surface area contributed by atoms with E-state index < -0.39 is 0 Å². The average Bonchev–Trinajstić information content (AvgIpc) is 2.49. The van der Waals surface area contributed by atoms with Gasteiger partial charge in [-0.2, -0.15) is 0 Å². The second kappa shape index (κ2) is 7.05. The molecule has 0 aromatic heterocycles. The Morgan fingerprint density at radius 1 is 1.05 bits per heavy atom. The molecule has 1 aliphatic carbocycles. The molecule has 1 heterocycles. The van der Waals surface area contributed by atoms with Gasteiger partial charge in [-0.3, -0.25) is 4.90 Å². The van der Waals surface area contributed by atoms with Crippen LogP contribution in [0.2, 0.25) is 0 Å². The average molecular weight is 267 g/mol. The van der Waals surface area contributed by atoms with Crippen LogP contribution in [0.25, 0.3) is 0 Å². The summed E-state index contributed by atoms with van der Waals surface area (Å²) in [5, 5.41) is 0. The number of likely N-dealkylation sites (N-methyl/N-ethyl adjacent to an activating group) is 1. The monoisotopic (exact) mass is 267 g/mol. The van der Waals surface area contributed by atoms with Crippen LogP contribution < -0.4 is 5.73 Å². The Kier molecular flexibility index (Phi) is 5.67. The highest BCUT2D eigenvalue weighted by Crippen LogP contribution is 2.38. The number of hydrogen-bond acceptors (Lipinski definition) is 3. The molecule has 1 saturated carbocycles. The summed E-state index contributed by atoms with van der Waals surface area (Å²) >= 11 is 0. The van der Waals surface area contributed by atoms with Crippen LogP contribution in [-0.4, -0.2) is 54.6 Å². The van der Waals surface area contributed by atoms with E-state index in [1.807, 2.05) is 0 Å². The molecular formula is C16H33N3. The van der Waals surface area contributed by atoms with Gasteiger partial charge in [0.2, 0.25) is 0 Å². The van der Waals surface area contributed by atoms with Crippen LogP contribution in [0.4, 0.5) is 0 Å². The Morgan fingerprint density at radius 3 is 2.16 bits per heavy atom. The largest absolute Gasteiger partial charge is 0.329 e. The van der Waals surface area contributed by atoms with Gasteiger partial charge < -0.3 is 10.6 Å². The molecule has 0 radical (unpaired) electrons. The molecule has 0 spiro atoms. The molecule has 1 aliphatic heterocycles. The van der Waals surface area contributed by atoms with E-state index in [4.69, 9.17) is 5.73 Å². The smallest absolute Gasteiger partial charge is 0.0333 e. The maximum Gasteiger partial charge on any atom is 0.0333 e. The molecule has 3 nitrogen and oxygen atoms in total. The molecule has 2 N–H and O–H groups in total. The second-order valence-electron chi connectivity index (χ2n) is 6.58. The van der Waals surface area contributed by atoms with E-state index >= 15 is 0 Å². The summed E-state index contributed by atoms with van der Waals surface area (Å²) in [7, 11) is 0. The zero-order chi connectivity index (χ0) is 13.7. The Bertz CT molecular complexity index is 251. The van der Waals surface area contributed by atoms with Gasteiger partial charge in [-0.05, 0) is 38.1 Å². The van der Waals surface area contributed by atoms with Gasteiger partial charge in [-0.25, -0.2) is 0 Å². The number of rotatable bonds is 5. The van der Waals surface area contributed by atoms with Crippen molar-refractivity contribution in [1.29, 1.82) is 0 Å². The lowest BCUT2D eigenvalue weighted by Crippen LogP contribution is -2.61. The Hall–Kier alpha value is -0.120. The van der Waals surface area contributed by atoms with Crippen molar-refractivity contribution in [2.24, 2.45) is 11.7 Å². The van der Waals surface area contributed by atoms with Crippen LogP contribution in [0.5, 0.6) is 0 Å². The maximum absolute atomic E-state index is 6.20. The van der Waals surface area contributed by atoms with E-state index in [0.717, 1.165) is 12.5 Å². The van der Waals surface area contributed by atoms with Crippen molar-refractivity contribution in [1.82, 2.24) is 9.80 Å². The lowest BCUT2D eigenvalue weighted by atomic mass is 9.74. The van der Waals surface area contributed by atoms with E-state index in [9.17, 15) is 0 Å². The first-order valence-corrected chi connectivity index (χ1v) is 8.41. The fraction of sp³-hybridized carbons (Fsp3) is 1.00. The minimum Gasteiger partial charge on any atom is -0.329 e. The molecule has 2 aliphatic rings. The maximum atomic E-state index is 6.20. The molecule has 0 atom stereocenters. The first-order chi connectivity index (χ1) is 9.24. The predicted octanol–water partition coefficient (Wildman–Crippen LogP) is 2.31. The third-order valence-electron chi connectivity index (χ3n) is 5.60. The van der Waals surface area contributed by atoms with Crippen LogP contribution in [0.15, 0.2) is 0 Å². The first-order valence-electron chi connectivity index (χ1n) is 8.41. The van der Waals surface area contributed by atoms with E-state index in [-0.39, 0.29) is 0 Å². The molecule has 2 rings (SSSR count). The number of piperazine rings is 1. The first kappa shape index (κ1) is 15.3. The van der Waals surface area contributed by atoms with Gasteiger partial charge >= 0.3 is 0 Å². The van der Waals surface area contributed by atoms with Gasteiger partial charge in [0.25, 0.3) is 0 Å². The lowest BCUT2D eigenvalue weighted by Gasteiger charge is -2.50. The van der Waals surface area contributed by atoms with E-state index in [2.05, 4.69) is 23.6 Å². The highest BCUT2D eigenvalue weighted by molar-refractivity contribution is 4.97. The standard InChI is InChI=1S/C16H33N3/c1-3-5-15-6-8-16(14-17,9-7-15)19-12-10-18(4-2)11-13-19/h15H,3-14,17H2,1-2H3. The normalized spacial score (nSPS) is 34.6. The Balaban J connectivity index is 1.89. The molecule has 1 saturated heterocycles. The summed E-state index contributed by atoms with van der Waals surface area (Å²) in [5.41, 5.74) is 6.54. The zero-order valence-corrected chi connectivity index (χ0v) is 13.0. The fourth-order valence-electron chi connectivity index (χ4n) is 4.10. The van der Waals surface area contributed by atoms with Crippen molar-refractivity contribution in [3.05, 3.63) is 0 Å². The van der Waals surface area contributed by atoms with Gasteiger partial charge in [-0.1, -0.05) is 26.7 Å². The van der Waals surface area contributed by atoms with Crippen molar-refractivity contribution < 1.29 is 0 Å². The summed E-state index contributed by atoms with van der Waals surface area (Å²) < 4.78 is 0. The lowest BCUT2D eigenvalue weighted by molar-refractivity contribution is 0.00401. The van der Waals surface area contributed by atoms with Crippen molar-refractivity contribution in [3.8, 4) is 0 Å². The van der Waals surface area contributed by atoms with Crippen molar-refractivity contribution in [3.63, 3.8) is 0 Å². The number of hydrogen-bond donors (Lipinski definition) is 1. The van der Waals surface area contributed by atoms with Gasteiger partial charge in [-0.15, -0.1) is 0 Å². The second-order valence-corrected chi connectivity index (χ2v) is 6.58. The number of nitrogens with two attached hydrogens (primary N) is 1. The van der Waals surface area contributed by atoms with Crippen LogP contribution >= 0.6 is 0 Å². The predicted molar refractivity (Wildman–Crippen MR) is 82.3 cm³/mol. The zero-order valence-electron chi connectivity index (χ0n) is 13.0. The summed E-state index contributed by atoms with van der Waals surface area (Å²) in [6, 6.07) is 0. The Morgan fingerprint density at radius 2 is 1.68 bits per heavy atom. The van der Waals surface area contributed by atoms with Crippen molar-refractivity contribution in [2.75, 3.05) is 39.3 Å². The molecule has 19 heavy (non-hydrogen) atoms. The molecule has 3 heteroatoms. The summed E-state index contributed by atoms with van der Waals surface area (Å²) in [6.07, 6.45) is 8.23. The van der Waals surface area contributed by atoms with Gasteiger partial charge in [0, 0.05) is 38.3 Å². The third kappa shape index (κ3) is 3.50. The third-order valence-corrected chi connectivity index (χ3v) is 5.60. The fourth-order valence-corrected chi connectivity index (χ4v) is 4.10. The van der Waals surface area contributed by atoms with Crippen LogP contribution in [0.1, 0.15) is 52.4 Å². The molecular weight excluding hydrogens is 234 g/mol. The van der Waals surface area contributed by atoms with Gasteiger partial charge in [0.05, 0.1) is 0 Å². The molecule has 0 aromatic rings. The van der Waals surface area contributed by atoms with Crippen molar-refractivity contribution in [2.45, 2.75) is 57.9 Å². The van der Waals surface area contributed by atoms with Gasteiger partial charge in [0.15, 0.2) is 0 Å². The minimum absolute atomic E-state index is 0.337. The molecule has 2 fully saturated rings. The molecule has 0 bridgehead atoms. The van der Waals surface area contributed by atoms with Crippen LogP contribution in [0, 0.1) is 5.92 Å². The Labute approximate surface area is 119 Å². The van der Waals surface area contributed by atoms with Crippen LogP contribution in [-0.2, 0) is 0 Å². The van der Waals surface area contributed by atoms with E-state index in [0.29, 0.717) is 5.54 Å².